The Hall–Kier alpha value is -7.33. The zero-order valence-electron chi connectivity index (χ0n) is 56.7. The molecule has 35 heteroatoms. The zero-order chi connectivity index (χ0) is 75.0. The van der Waals surface area contributed by atoms with Crippen molar-refractivity contribution in [2.75, 3.05) is 80.0 Å². The SMILES string of the molecule is C1COCCN1.C1COCCN1.CCO.CCOC(=O)CC(C)=O.COC(=O)c1ccc(Cl)c(CBr)c1.COC(=O)c1ccc(Cl)c(CSc2[nH]c(=O)cc(C)c2C#N)c1.Cc1cc(=O)[nH]c(S)c1C#N.Cc1cc(=O)[nH]c(SCc2cc(C(=O)O)ccc2Cl)c1C#N.N#CCC(N)=S.[Li+].[OH-]. The van der Waals surface area contributed by atoms with Gasteiger partial charge in [-0.25, -0.2) is 14.4 Å². The standard InChI is InChI=1S/C16H13ClN2O3S.C15H11ClN2O3S.C9H8BrClO2.C7H6N2OS.C6H10O3.2C4H9NO.C3H4N2S.C2H6O.Li.H2O/c1-9-5-14(20)19-15(12(9)7-18)23-8-11-6-10(16(21)22-2)3-4-13(11)17;1-8-4-13(19)18-14(11(8)6-17)22-7-10-5-9(15(20)21)2-3-12(10)16;1-13-9(12)6-2-3-8(11)7(4-6)5-10;1-4-2-6(10)9-7(11)5(4)3-8;1-3-9-6(8)4-5(2)7;2*1-3-6-4-2-5-1;4-2-1-3(5)6;1-2-3;;/h3-6H,8H2,1-2H3,(H,19,20);2-5H,7H2,1H3,(H,18,19)(H,20,21);2-4H,5H2,1H3;2H,1H3,(H2,9,10,11);3-4H2,1-2H3;2*5H,1-4H2;1H2,(H2,5,6);3H,2H2,1H3;;1H2/q;;;;;;;;;+1;/p-1. The second-order valence-corrected chi connectivity index (χ2v) is 24.1. The average molecular weight is 1590 g/mol. The van der Waals surface area contributed by atoms with Gasteiger partial charge in [-0.15, -0.1) is 36.2 Å². The van der Waals surface area contributed by atoms with Crippen molar-refractivity contribution in [1.82, 2.24) is 25.6 Å². The quantitative estimate of drug-likeness (QED) is 0.00766. The Labute approximate surface area is 639 Å². The first-order valence-electron chi connectivity index (χ1n) is 29.2. The van der Waals surface area contributed by atoms with Crippen molar-refractivity contribution in [3.8, 4) is 24.3 Å². The van der Waals surface area contributed by atoms with E-state index < -0.39 is 17.9 Å². The first-order chi connectivity index (χ1) is 47.1. The molecular weight excluding hydrogens is 1510 g/mol. The van der Waals surface area contributed by atoms with E-state index in [-0.39, 0.29) is 82.8 Å². The molecule has 540 valence electrons. The molecule has 0 saturated carbocycles. The number of morpholine rings is 2. The second-order valence-electron chi connectivity index (χ2n) is 19.4. The Morgan fingerprint density at radius 1 is 0.653 bits per heavy atom. The van der Waals surface area contributed by atoms with E-state index in [9.17, 15) is 43.6 Å². The van der Waals surface area contributed by atoms with Crippen LogP contribution in [0.3, 0.4) is 0 Å². The number of carboxylic acids is 1. The van der Waals surface area contributed by atoms with Crippen molar-refractivity contribution >= 4 is 134 Å². The number of Topliss-reactive ketones (excluding diaryl/α,β-unsaturated/α-hetero) is 1. The fraction of sp³-hybridized carbons (Fsp3) is 0.348. The number of methoxy groups -OCH3 is 2. The number of thioether (sulfide) groups is 2. The third kappa shape index (κ3) is 41.4. The first kappa shape index (κ1) is 97.8. The van der Waals surface area contributed by atoms with Crippen LogP contribution in [0.1, 0.15) is 115 Å². The van der Waals surface area contributed by atoms with Gasteiger partial charge in [-0.3, -0.25) is 24.0 Å². The van der Waals surface area contributed by atoms with E-state index in [4.69, 9.17) is 76.0 Å². The molecule has 0 radical (unpaired) electrons. The Morgan fingerprint density at radius 2 is 1.01 bits per heavy atom. The number of aromatic nitrogens is 3. The number of rotatable bonds is 14. The number of ketones is 1. The van der Waals surface area contributed by atoms with Crippen LogP contribution in [-0.2, 0) is 50.1 Å². The van der Waals surface area contributed by atoms with Crippen LogP contribution in [0, 0.1) is 66.1 Å². The summed E-state index contributed by atoms with van der Waals surface area (Å²) in [6.07, 6.45) is 0.0865. The number of nitrogens with zero attached hydrogens (tertiary/aromatic N) is 4. The predicted octanol–water partition coefficient (Wildman–Crippen LogP) is 7.10. The number of nitriles is 4. The fourth-order valence-electron chi connectivity index (χ4n) is 7.12. The number of H-pyrrole nitrogens is 3. The Bertz CT molecular complexity index is 3950. The van der Waals surface area contributed by atoms with Gasteiger partial charge in [0.15, 0.2) is 0 Å². The maximum absolute atomic E-state index is 11.6. The Kier molecular flexibility index (Phi) is 55.4. The van der Waals surface area contributed by atoms with Gasteiger partial charge in [0.25, 0.3) is 0 Å². The molecular formula is C66H77BrCl3LiN10O16S4. The predicted molar refractivity (Wildman–Crippen MR) is 394 cm³/mol. The van der Waals surface area contributed by atoms with Crippen molar-refractivity contribution < 1.29 is 82.2 Å². The number of esters is 3. The molecule has 0 aliphatic carbocycles. The summed E-state index contributed by atoms with van der Waals surface area (Å²) in [5.74, 6) is -1.69. The summed E-state index contributed by atoms with van der Waals surface area (Å²) in [6.45, 7) is 18.1. The number of alkyl halides is 1. The van der Waals surface area contributed by atoms with Gasteiger partial charge in [-0.05, 0) is 130 Å². The number of aromatic carboxylic acids is 1. The average Bonchev–Trinajstić information content (AvgIpc) is 0.854. The number of benzene rings is 3. The van der Waals surface area contributed by atoms with Gasteiger partial charge < -0.3 is 70.7 Å². The van der Waals surface area contributed by atoms with Crippen LogP contribution in [0.2, 0.25) is 15.1 Å². The molecule has 0 unspecified atom stereocenters. The summed E-state index contributed by atoms with van der Waals surface area (Å²) in [4.78, 5) is 96.1. The summed E-state index contributed by atoms with van der Waals surface area (Å²) < 4.78 is 23.8. The monoisotopic (exact) mass is 1580 g/mol. The van der Waals surface area contributed by atoms with Crippen molar-refractivity contribution in [3.05, 3.63) is 186 Å². The first-order valence-corrected chi connectivity index (χ1v) is 34.3. The largest absolute Gasteiger partial charge is 1.00 e. The minimum absolute atomic E-state index is 0. The van der Waals surface area contributed by atoms with E-state index in [0.29, 0.717) is 109 Å². The number of carboxylic acid groups (broad SMARTS) is 1. The van der Waals surface area contributed by atoms with Gasteiger partial charge in [-0.1, -0.05) is 63.0 Å². The number of hydrogen-bond donors (Lipinski definition) is 9. The van der Waals surface area contributed by atoms with Crippen LogP contribution in [0.15, 0.2) is 102 Å². The number of aromatic amines is 3. The number of carbonyl (C=O) groups excluding carboxylic acids is 4. The van der Waals surface area contributed by atoms with E-state index in [1.54, 1.807) is 77.1 Å². The number of aliphatic hydroxyl groups excluding tert-OH is 1. The fourth-order valence-corrected chi connectivity index (χ4v) is 11.0. The Balaban J connectivity index is -0.00000113. The molecule has 3 aromatic heterocycles. The molecule has 5 heterocycles. The molecule has 2 aliphatic rings. The number of ether oxygens (including phenoxy) is 5. The van der Waals surface area contributed by atoms with Gasteiger partial charge in [-0.2, -0.15) is 21.0 Å². The van der Waals surface area contributed by atoms with Crippen LogP contribution in [0.4, 0.5) is 0 Å². The van der Waals surface area contributed by atoms with Crippen LogP contribution < -0.4 is 51.9 Å². The molecule has 26 nitrogen and oxygen atoms in total. The number of thiocarbonyl (C=S) groups is 1. The number of halogens is 4. The topological polar surface area (TPSA) is 446 Å². The molecule has 101 heavy (non-hydrogen) atoms. The van der Waals surface area contributed by atoms with Crippen molar-refractivity contribution in [1.29, 1.82) is 21.0 Å². The molecule has 0 spiro atoms. The van der Waals surface area contributed by atoms with Crippen LogP contribution in [0.25, 0.3) is 0 Å². The number of aryl methyl sites for hydroxylation is 3. The summed E-state index contributed by atoms with van der Waals surface area (Å²) in [6, 6.07) is 26.3. The van der Waals surface area contributed by atoms with Crippen molar-refractivity contribution in [2.45, 2.75) is 86.3 Å². The van der Waals surface area contributed by atoms with Gasteiger partial charge in [0.1, 0.15) is 30.4 Å². The van der Waals surface area contributed by atoms with E-state index in [0.717, 1.165) is 58.2 Å². The van der Waals surface area contributed by atoms with Gasteiger partial charge >= 0.3 is 42.7 Å². The molecule has 3 aromatic carbocycles. The maximum atomic E-state index is 11.6. The zero-order valence-corrected chi connectivity index (χ0v) is 63.9. The van der Waals surface area contributed by atoms with Crippen LogP contribution in [-0.4, -0.2) is 145 Å². The molecule has 0 amide bonds. The number of nitrogens with two attached hydrogens (primary N) is 1. The van der Waals surface area contributed by atoms with Crippen molar-refractivity contribution in [3.63, 3.8) is 0 Å². The molecule has 6 aromatic rings. The number of carbonyl (C=O) groups is 5. The van der Waals surface area contributed by atoms with Gasteiger partial charge in [0.05, 0.1) is 113 Å². The second kappa shape index (κ2) is 57.2. The summed E-state index contributed by atoms with van der Waals surface area (Å²) in [5.41, 5.74) is 10.5. The molecule has 8 rings (SSSR count). The molecule has 2 saturated heterocycles. The summed E-state index contributed by atoms with van der Waals surface area (Å²) in [7, 11) is 2.66. The van der Waals surface area contributed by atoms with Crippen molar-refractivity contribution in [2.24, 2.45) is 5.73 Å². The number of nitrogens with one attached hydrogen (secondary N) is 5. The number of aliphatic hydroxyl groups is 1. The van der Waals surface area contributed by atoms with Crippen LogP contribution in [0.5, 0.6) is 0 Å². The minimum Gasteiger partial charge on any atom is -0.870 e. The van der Waals surface area contributed by atoms with E-state index in [1.807, 2.05) is 6.07 Å². The molecule has 10 N–H and O–H groups in total. The molecule has 0 atom stereocenters. The summed E-state index contributed by atoms with van der Waals surface area (Å²) >= 11 is 32.1. The third-order valence-electron chi connectivity index (χ3n) is 11.7. The number of thiol groups is 1. The van der Waals surface area contributed by atoms with Gasteiger partial charge in [0.2, 0.25) is 16.7 Å². The van der Waals surface area contributed by atoms with E-state index in [1.165, 1.54) is 81.1 Å². The van der Waals surface area contributed by atoms with E-state index >= 15 is 0 Å². The Morgan fingerprint density at radius 3 is 1.30 bits per heavy atom. The smallest absolute Gasteiger partial charge is 0.870 e. The molecule has 0 bridgehead atoms. The molecule has 2 aliphatic heterocycles. The normalized spacial score (nSPS) is 11.0. The maximum Gasteiger partial charge on any atom is 1.00 e. The van der Waals surface area contributed by atoms with Crippen LogP contribution >= 0.6 is 99.1 Å². The summed E-state index contributed by atoms with van der Waals surface area (Å²) in [5, 5.41) is 61.1. The number of hydrogen-bond acceptors (Lipinski definition) is 25. The third-order valence-corrected chi connectivity index (χ3v) is 16.0. The number of pyridine rings is 3. The minimum atomic E-state index is -1.04. The van der Waals surface area contributed by atoms with E-state index in [2.05, 4.69) is 92.7 Å². The van der Waals surface area contributed by atoms with Gasteiger partial charge in [0, 0.05) is 82.9 Å². The molecule has 2 fully saturated rings.